The highest BCUT2D eigenvalue weighted by atomic mass is 32.2. The van der Waals surface area contributed by atoms with E-state index in [1.54, 1.807) is 4.72 Å². The lowest BCUT2D eigenvalue weighted by molar-refractivity contribution is -0.136. The van der Waals surface area contributed by atoms with Gasteiger partial charge in [-0.25, -0.2) is 17.2 Å². The van der Waals surface area contributed by atoms with Crippen molar-refractivity contribution in [1.29, 1.82) is 0 Å². The normalized spacial score (nSPS) is 11.3. The summed E-state index contributed by atoms with van der Waals surface area (Å²) in [5.74, 6) is -3.69. The zero-order chi connectivity index (χ0) is 13.9. The maximum absolute atomic E-state index is 13.3. The van der Waals surface area contributed by atoms with Crippen LogP contribution >= 0.6 is 0 Å². The second-order valence-electron chi connectivity index (χ2n) is 3.65. The lowest BCUT2D eigenvalue weighted by Crippen LogP contribution is -2.19. The topological polar surface area (TPSA) is 83.5 Å². The predicted octanol–water partition coefficient (Wildman–Crippen LogP) is 1.49. The van der Waals surface area contributed by atoms with E-state index >= 15 is 0 Å². The lowest BCUT2D eigenvalue weighted by Gasteiger charge is -2.09. The number of rotatable bonds is 5. The first kappa shape index (κ1) is 14.4. The van der Waals surface area contributed by atoms with E-state index in [0.717, 1.165) is 6.07 Å². The maximum atomic E-state index is 13.3. The first-order valence-electron chi connectivity index (χ1n) is 4.89. The van der Waals surface area contributed by atoms with Gasteiger partial charge in [-0.3, -0.25) is 9.52 Å². The fourth-order valence-electron chi connectivity index (χ4n) is 1.16. The molecule has 5 nitrogen and oxygen atoms in total. The minimum Gasteiger partial charge on any atom is -0.481 e. The molecule has 0 aliphatic carbocycles. The molecule has 0 aliphatic heterocycles. The van der Waals surface area contributed by atoms with Crippen LogP contribution in [0.2, 0.25) is 0 Å². The molecule has 0 fully saturated rings. The van der Waals surface area contributed by atoms with Crippen LogP contribution in [-0.4, -0.2) is 25.2 Å². The molecule has 1 rings (SSSR count). The Morgan fingerprint density at radius 1 is 1.33 bits per heavy atom. The van der Waals surface area contributed by atoms with Gasteiger partial charge in [0, 0.05) is 6.07 Å². The molecular weight excluding hydrogens is 268 g/mol. The summed E-state index contributed by atoms with van der Waals surface area (Å²) in [6, 6.07) is 1.56. The van der Waals surface area contributed by atoms with E-state index in [-0.39, 0.29) is 5.56 Å². The first-order valence-corrected chi connectivity index (χ1v) is 6.54. The molecule has 100 valence electrons. The summed E-state index contributed by atoms with van der Waals surface area (Å²) in [5, 5.41) is 8.35. The molecule has 2 N–H and O–H groups in total. The number of anilines is 1. The van der Waals surface area contributed by atoms with E-state index in [2.05, 4.69) is 0 Å². The number of hydrogen-bond donors (Lipinski definition) is 2. The summed E-state index contributed by atoms with van der Waals surface area (Å²) in [6.07, 6.45) is -0.620. The van der Waals surface area contributed by atoms with Crippen LogP contribution in [0.3, 0.4) is 0 Å². The zero-order valence-corrected chi connectivity index (χ0v) is 10.2. The number of halogens is 2. The van der Waals surface area contributed by atoms with E-state index in [4.69, 9.17) is 5.11 Å². The Balaban J connectivity index is 2.91. The summed E-state index contributed by atoms with van der Waals surface area (Å²) >= 11 is 0. The van der Waals surface area contributed by atoms with Gasteiger partial charge in [0.05, 0.1) is 17.9 Å². The third kappa shape index (κ3) is 3.95. The third-order valence-corrected chi connectivity index (χ3v) is 3.37. The monoisotopic (exact) mass is 279 g/mol. The highest BCUT2D eigenvalue weighted by Crippen LogP contribution is 2.20. The minimum absolute atomic E-state index is 0.0426. The van der Waals surface area contributed by atoms with Crippen molar-refractivity contribution in [3.05, 3.63) is 29.3 Å². The molecule has 18 heavy (non-hydrogen) atoms. The molecule has 0 amide bonds. The lowest BCUT2D eigenvalue weighted by atomic mass is 10.2. The molecule has 0 unspecified atom stereocenters. The van der Waals surface area contributed by atoms with E-state index in [1.807, 2.05) is 0 Å². The zero-order valence-electron chi connectivity index (χ0n) is 9.41. The van der Waals surface area contributed by atoms with Gasteiger partial charge in [0.2, 0.25) is 10.0 Å². The number of aryl methyl sites for hydroxylation is 1. The molecule has 0 aliphatic rings. The molecule has 1 aromatic carbocycles. The van der Waals surface area contributed by atoms with Crippen molar-refractivity contribution in [2.24, 2.45) is 0 Å². The molecule has 0 radical (unpaired) electrons. The van der Waals surface area contributed by atoms with Crippen LogP contribution in [0.15, 0.2) is 12.1 Å². The van der Waals surface area contributed by atoms with E-state index in [9.17, 15) is 22.0 Å². The number of nitrogens with one attached hydrogen (secondary N) is 1. The molecule has 8 heteroatoms. The van der Waals surface area contributed by atoms with Crippen molar-refractivity contribution < 1.29 is 27.1 Å². The highest BCUT2D eigenvalue weighted by Gasteiger charge is 2.16. The Labute approximate surface area is 102 Å². The molecule has 1 aromatic rings. The molecule has 0 bridgehead atoms. The van der Waals surface area contributed by atoms with Gasteiger partial charge >= 0.3 is 5.97 Å². The highest BCUT2D eigenvalue weighted by molar-refractivity contribution is 7.92. The summed E-state index contributed by atoms with van der Waals surface area (Å²) in [5.41, 5.74) is -0.496. The summed E-state index contributed by atoms with van der Waals surface area (Å²) < 4.78 is 51.1. The van der Waals surface area contributed by atoms with Crippen LogP contribution in [0.4, 0.5) is 14.5 Å². The number of carboxylic acid groups (broad SMARTS) is 1. The number of hydrogen-bond acceptors (Lipinski definition) is 3. The molecule has 0 saturated carbocycles. The quantitative estimate of drug-likeness (QED) is 0.855. The Morgan fingerprint density at radius 2 is 1.94 bits per heavy atom. The summed E-state index contributed by atoms with van der Waals surface area (Å²) in [7, 11) is -4.02. The van der Waals surface area contributed by atoms with E-state index in [1.165, 1.54) is 6.92 Å². The summed E-state index contributed by atoms with van der Waals surface area (Å²) in [6.45, 7) is 1.33. The van der Waals surface area contributed by atoms with Crippen molar-refractivity contribution in [2.75, 3.05) is 10.5 Å². The van der Waals surface area contributed by atoms with Crippen LogP contribution in [0.1, 0.15) is 12.0 Å². The second-order valence-corrected chi connectivity index (χ2v) is 5.49. The molecule has 0 spiro atoms. The van der Waals surface area contributed by atoms with Gasteiger partial charge in [-0.2, -0.15) is 0 Å². The number of carbonyl (C=O) groups is 1. The Hall–Kier alpha value is -1.70. The van der Waals surface area contributed by atoms with Crippen LogP contribution in [0.5, 0.6) is 0 Å². The predicted molar refractivity (Wildman–Crippen MR) is 60.8 cm³/mol. The van der Waals surface area contributed by atoms with Crippen LogP contribution in [-0.2, 0) is 14.8 Å². The van der Waals surface area contributed by atoms with E-state index < -0.39 is 45.5 Å². The van der Waals surface area contributed by atoms with Gasteiger partial charge in [0.25, 0.3) is 0 Å². The van der Waals surface area contributed by atoms with Gasteiger partial charge in [-0.1, -0.05) is 0 Å². The van der Waals surface area contributed by atoms with Crippen molar-refractivity contribution >= 4 is 21.7 Å². The second kappa shape index (κ2) is 5.30. The Kier molecular flexibility index (Phi) is 4.23. The molecule has 0 aromatic heterocycles. The van der Waals surface area contributed by atoms with Crippen LogP contribution < -0.4 is 4.72 Å². The number of carboxylic acids is 1. The number of benzene rings is 1. The van der Waals surface area contributed by atoms with Crippen molar-refractivity contribution in [2.45, 2.75) is 13.3 Å². The van der Waals surface area contributed by atoms with Gasteiger partial charge < -0.3 is 5.11 Å². The average molecular weight is 279 g/mol. The SMILES string of the molecule is Cc1cc(F)c(NS(=O)(=O)CCC(=O)O)cc1F. The van der Waals surface area contributed by atoms with Crippen LogP contribution in [0, 0.1) is 18.6 Å². The van der Waals surface area contributed by atoms with Crippen LogP contribution in [0.25, 0.3) is 0 Å². The maximum Gasteiger partial charge on any atom is 0.304 e. The minimum atomic E-state index is -4.02. The first-order chi connectivity index (χ1) is 8.21. The number of aliphatic carboxylic acids is 1. The molecular formula is C10H11F2NO4S. The third-order valence-electron chi connectivity index (χ3n) is 2.10. The standard InChI is InChI=1S/C10H11F2NO4S/c1-6-4-8(12)9(5-7(6)11)13-18(16,17)3-2-10(14)15/h4-5,13H,2-3H2,1H3,(H,14,15). The fraction of sp³-hybridized carbons (Fsp3) is 0.300. The number of sulfonamides is 1. The van der Waals surface area contributed by atoms with Crippen molar-refractivity contribution in [1.82, 2.24) is 0 Å². The average Bonchev–Trinajstić information content (AvgIpc) is 2.23. The van der Waals surface area contributed by atoms with Crippen molar-refractivity contribution in [3.63, 3.8) is 0 Å². The fourth-order valence-corrected chi connectivity index (χ4v) is 2.20. The molecule has 0 saturated heterocycles. The van der Waals surface area contributed by atoms with Crippen molar-refractivity contribution in [3.8, 4) is 0 Å². The largest absolute Gasteiger partial charge is 0.481 e. The van der Waals surface area contributed by atoms with Gasteiger partial charge in [-0.15, -0.1) is 0 Å². The van der Waals surface area contributed by atoms with Gasteiger partial charge in [-0.05, 0) is 18.6 Å². The Bertz CT molecular complexity index is 571. The smallest absolute Gasteiger partial charge is 0.304 e. The Morgan fingerprint density at radius 3 is 2.50 bits per heavy atom. The van der Waals surface area contributed by atoms with E-state index in [0.29, 0.717) is 6.07 Å². The molecule has 0 atom stereocenters. The van der Waals surface area contributed by atoms with Gasteiger partial charge in [0.15, 0.2) is 0 Å². The van der Waals surface area contributed by atoms with Gasteiger partial charge in [0.1, 0.15) is 11.6 Å². The molecule has 0 heterocycles. The summed E-state index contributed by atoms with van der Waals surface area (Å²) in [4.78, 5) is 10.2.